The van der Waals surface area contributed by atoms with Crippen molar-refractivity contribution in [2.24, 2.45) is 28.7 Å². The van der Waals surface area contributed by atoms with Crippen LogP contribution >= 0.6 is 0 Å². The summed E-state index contributed by atoms with van der Waals surface area (Å²) in [6.07, 6.45) is -15.4. The number of hydrogen-bond donors (Lipinski definition) is 17. The molecule has 4 aliphatic rings. The topological polar surface area (TPSA) is 567 Å². The van der Waals surface area contributed by atoms with E-state index in [4.69, 9.17) is 47.6 Å². The van der Waals surface area contributed by atoms with E-state index in [-0.39, 0.29) is 90.4 Å². The largest absolute Gasteiger partial charge is 0.389 e. The molecule has 22 N–H and O–H groups in total. The molecule has 0 spiro atoms. The number of aryl methyl sites for hydroxylation is 4. The van der Waals surface area contributed by atoms with Crippen LogP contribution in [-0.2, 0) is 73.6 Å². The number of aliphatic hydroxyl groups excluding tert-OH is 10. The Hall–Kier alpha value is -5.62. The van der Waals surface area contributed by atoms with Crippen LogP contribution in [0.15, 0.2) is 12.4 Å². The van der Waals surface area contributed by atoms with Crippen molar-refractivity contribution in [2.45, 2.75) is 245 Å². The van der Waals surface area contributed by atoms with Gasteiger partial charge in [0.15, 0.2) is 12.6 Å². The number of carbonyl (C=O) groups is 6. The Bertz CT molecular complexity index is 2670. The molecule has 2 aromatic rings. The highest BCUT2D eigenvalue weighted by atomic mass is 16.7. The Balaban J connectivity index is 0.911. The van der Waals surface area contributed by atoms with E-state index < -0.39 is 158 Å². The van der Waals surface area contributed by atoms with Crippen LogP contribution in [0.1, 0.15) is 109 Å². The van der Waals surface area contributed by atoms with Crippen molar-refractivity contribution in [3.8, 4) is 0 Å². The van der Waals surface area contributed by atoms with E-state index in [1.165, 1.54) is 19.4 Å². The molecule has 2 saturated heterocycles. The number of carbonyl (C=O) groups excluding carboxylic acids is 6. The highest BCUT2D eigenvalue weighted by Gasteiger charge is 2.51. The standard InChI is InChI=1S/C57H100N16O20/c1-3-5-6-15-41(77)71(18-10-20-73-26-31(66-68-73)12-8-14-40(76)64-24-37-47(83)49(85)53(89)57(91-37)93-55-35(61)22-33(59)45(81)51(55)87)29-42(78)69(16-4-2)28-43(79)70(27-38(62)74)17-9-19-72-25-30(65-67-72)11-7-13-39(75)63-23-36-46(82)48(84)52(88)56(90-36)92-54-34(60)21-32(58)44(80)50(54)86/h25-26,32-37,44-57,80-89H,3-24,27-29,58-61H2,1-2H3,(H2,62,74)(H,63,75)(H,64,76). The van der Waals surface area contributed by atoms with Gasteiger partial charge in [-0.05, 0) is 64.2 Å². The molecule has 4 fully saturated rings. The maximum atomic E-state index is 14.0. The minimum absolute atomic E-state index is 0.0214. The van der Waals surface area contributed by atoms with Crippen LogP contribution in [0.4, 0.5) is 0 Å². The molecule has 6 rings (SSSR count). The van der Waals surface area contributed by atoms with E-state index in [0.29, 0.717) is 69.3 Å². The number of aromatic nitrogens is 6. The Labute approximate surface area is 538 Å². The molecule has 2 aromatic heterocycles. The molecule has 0 radical (unpaired) electrons. The third-order valence-electron chi connectivity index (χ3n) is 17.1. The van der Waals surface area contributed by atoms with Crippen molar-refractivity contribution in [3.05, 3.63) is 23.8 Å². The lowest BCUT2D eigenvalue weighted by Gasteiger charge is -2.45. The Morgan fingerprint density at radius 3 is 1.33 bits per heavy atom. The average Bonchev–Trinajstić information content (AvgIpc) is 1.27. The maximum Gasteiger partial charge on any atom is 0.242 e. The molecule has 20 atom stereocenters. The first kappa shape index (κ1) is 76.4. The lowest BCUT2D eigenvalue weighted by atomic mass is 9.84. The number of nitrogens with zero attached hydrogens (tertiary/aromatic N) is 9. The number of ether oxygens (including phenoxy) is 4. The van der Waals surface area contributed by atoms with E-state index in [2.05, 4.69) is 31.3 Å². The fourth-order valence-corrected chi connectivity index (χ4v) is 11.6. The summed E-state index contributed by atoms with van der Waals surface area (Å²) in [5.41, 5.74) is 30.5. The number of rotatable bonds is 36. The predicted octanol–water partition coefficient (Wildman–Crippen LogP) is -8.87. The van der Waals surface area contributed by atoms with Crippen molar-refractivity contribution >= 4 is 35.4 Å². The number of amides is 6. The quantitative estimate of drug-likeness (QED) is 0.0282. The van der Waals surface area contributed by atoms with Crippen molar-refractivity contribution in [2.75, 3.05) is 52.4 Å². The van der Waals surface area contributed by atoms with Gasteiger partial charge < -0.3 is 124 Å². The number of unbranched alkanes of at least 4 members (excludes halogenated alkanes) is 2. The second-order valence-corrected chi connectivity index (χ2v) is 24.7. The molecule has 2 aliphatic heterocycles. The minimum atomic E-state index is -1.75. The summed E-state index contributed by atoms with van der Waals surface area (Å²) in [4.78, 5) is 83.5. The van der Waals surface area contributed by atoms with Gasteiger partial charge in [0.2, 0.25) is 35.4 Å². The van der Waals surface area contributed by atoms with E-state index in [0.717, 1.165) is 12.8 Å². The number of nitrogens with one attached hydrogen (secondary N) is 2. The molecule has 36 nitrogen and oxygen atoms in total. The second kappa shape index (κ2) is 37.0. The van der Waals surface area contributed by atoms with Crippen molar-refractivity contribution < 1.29 is 98.8 Å². The molecule has 93 heavy (non-hydrogen) atoms. The summed E-state index contributed by atoms with van der Waals surface area (Å²) in [5, 5.41) is 127. The van der Waals surface area contributed by atoms with Gasteiger partial charge in [-0.3, -0.25) is 38.1 Å². The molecule has 528 valence electrons. The summed E-state index contributed by atoms with van der Waals surface area (Å²) in [7, 11) is 0. The summed E-state index contributed by atoms with van der Waals surface area (Å²) < 4.78 is 25.9. The number of aliphatic hydroxyl groups is 10. The molecule has 2 aliphatic carbocycles. The average molecular weight is 1330 g/mol. The first-order chi connectivity index (χ1) is 44.2. The van der Waals surface area contributed by atoms with E-state index in [9.17, 15) is 79.8 Å². The molecule has 20 unspecified atom stereocenters. The minimum Gasteiger partial charge on any atom is -0.389 e. The fourth-order valence-electron chi connectivity index (χ4n) is 11.6. The Morgan fingerprint density at radius 2 is 0.925 bits per heavy atom. The summed E-state index contributed by atoms with van der Waals surface area (Å²) >= 11 is 0. The zero-order valence-electron chi connectivity index (χ0n) is 52.8. The van der Waals surface area contributed by atoms with Crippen LogP contribution in [0.2, 0.25) is 0 Å². The van der Waals surface area contributed by atoms with Crippen molar-refractivity contribution in [1.29, 1.82) is 0 Å². The first-order valence-corrected chi connectivity index (χ1v) is 32.1. The Morgan fingerprint density at radius 1 is 0.505 bits per heavy atom. The van der Waals surface area contributed by atoms with Crippen LogP contribution in [0.25, 0.3) is 0 Å². The van der Waals surface area contributed by atoms with Gasteiger partial charge in [-0.15, -0.1) is 10.2 Å². The third-order valence-corrected chi connectivity index (χ3v) is 17.1. The van der Waals surface area contributed by atoms with Gasteiger partial charge in [-0.25, -0.2) is 0 Å². The van der Waals surface area contributed by atoms with Gasteiger partial charge in [0.05, 0.1) is 43.2 Å². The predicted molar refractivity (Wildman–Crippen MR) is 323 cm³/mol. The molecule has 2 saturated carbocycles. The van der Waals surface area contributed by atoms with Gasteiger partial charge in [-0.1, -0.05) is 37.1 Å². The summed E-state index contributed by atoms with van der Waals surface area (Å²) in [6.45, 7) is 3.21. The molecule has 0 bridgehead atoms. The molecule has 36 heteroatoms. The highest BCUT2D eigenvalue weighted by molar-refractivity contribution is 5.90. The van der Waals surface area contributed by atoms with Gasteiger partial charge in [0.25, 0.3) is 0 Å². The Kier molecular flexibility index (Phi) is 30.4. The second-order valence-electron chi connectivity index (χ2n) is 24.7. The first-order valence-electron chi connectivity index (χ1n) is 32.1. The molecular weight excluding hydrogens is 1230 g/mol. The molecule has 0 aromatic carbocycles. The smallest absolute Gasteiger partial charge is 0.242 e. The number of primary amides is 1. The summed E-state index contributed by atoms with van der Waals surface area (Å²) in [5.74, 6) is -2.85. The van der Waals surface area contributed by atoms with E-state index in [1.54, 1.807) is 17.1 Å². The zero-order chi connectivity index (χ0) is 68.2. The zero-order valence-corrected chi connectivity index (χ0v) is 52.8. The highest BCUT2D eigenvalue weighted by Crippen LogP contribution is 2.30. The van der Waals surface area contributed by atoms with E-state index >= 15 is 0 Å². The van der Waals surface area contributed by atoms with Crippen LogP contribution in [-0.4, -0.2) is 306 Å². The van der Waals surface area contributed by atoms with Gasteiger partial charge in [0.1, 0.15) is 73.2 Å². The fraction of sp³-hybridized carbons (Fsp3) is 0.825. The summed E-state index contributed by atoms with van der Waals surface area (Å²) in [6, 6.07) is -3.32. The molecular formula is C57H100N16O20. The van der Waals surface area contributed by atoms with Crippen LogP contribution in [0, 0.1) is 0 Å². The van der Waals surface area contributed by atoms with Gasteiger partial charge >= 0.3 is 0 Å². The SMILES string of the molecule is CCCCCC(=O)N(CCCn1cc(CCCC(=O)NCC2OC(OC3C(N)CC(N)C(O)C3O)C(O)C(O)C2O)nn1)CC(=O)N(CCC)CC(=O)N(CCCn1cc(CCCC(=O)NCC2OC(OC3C(N)CC(N)C(O)C3O)C(O)C(O)C2O)nn1)CC(N)=O. The molecule has 4 heterocycles. The maximum absolute atomic E-state index is 14.0. The van der Waals surface area contributed by atoms with Gasteiger partial charge in [0, 0.05) is 102 Å². The van der Waals surface area contributed by atoms with Crippen LogP contribution in [0.3, 0.4) is 0 Å². The van der Waals surface area contributed by atoms with Crippen molar-refractivity contribution in [3.63, 3.8) is 0 Å². The normalized spacial score (nSPS) is 31.4. The van der Waals surface area contributed by atoms with Crippen LogP contribution in [0.5, 0.6) is 0 Å². The third kappa shape index (κ3) is 22.2. The monoisotopic (exact) mass is 1330 g/mol. The van der Waals surface area contributed by atoms with Crippen LogP contribution < -0.4 is 39.3 Å². The number of nitrogens with two attached hydrogens (primary N) is 5. The van der Waals surface area contributed by atoms with Gasteiger partial charge in [-0.2, -0.15) is 0 Å². The van der Waals surface area contributed by atoms with Crippen molar-refractivity contribution in [1.82, 2.24) is 55.3 Å². The van der Waals surface area contributed by atoms with E-state index in [1.807, 2.05) is 13.8 Å². The number of hydrogen-bond acceptors (Lipinski definition) is 28. The lowest BCUT2D eigenvalue weighted by molar-refractivity contribution is -0.318. The molecule has 6 amide bonds. The lowest BCUT2D eigenvalue weighted by Crippen LogP contribution is -2.66.